The fourth-order valence-electron chi connectivity index (χ4n) is 2.09. The zero-order valence-corrected chi connectivity index (χ0v) is 11.2. The SMILES string of the molecule is COCC(CCCN)NCC1CCSCC1. The van der Waals surface area contributed by atoms with Gasteiger partial charge in [0, 0.05) is 13.2 Å². The maximum absolute atomic E-state index is 5.54. The largest absolute Gasteiger partial charge is 0.383 e. The highest BCUT2D eigenvalue weighted by atomic mass is 32.2. The molecule has 1 saturated heterocycles. The molecule has 16 heavy (non-hydrogen) atoms. The zero-order valence-electron chi connectivity index (χ0n) is 10.4. The van der Waals surface area contributed by atoms with Gasteiger partial charge in [-0.2, -0.15) is 11.8 Å². The molecule has 1 unspecified atom stereocenters. The van der Waals surface area contributed by atoms with Crippen LogP contribution in [-0.4, -0.2) is 44.4 Å². The van der Waals surface area contributed by atoms with Crippen molar-refractivity contribution >= 4 is 11.8 Å². The molecular formula is C12H26N2OS. The molecule has 3 N–H and O–H groups in total. The lowest BCUT2D eigenvalue weighted by molar-refractivity contribution is 0.158. The number of hydrogen-bond acceptors (Lipinski definition) is 4. The van der Waals surface area contributed by atoms with Crippen molar-refractivity contribution in [3.05, 3.63) is 0 Å². The Balaban J connectivity index is 2.14. The summed E-state index contributed by atoms with van der Waals surface area (Å²) < 4.78 is 5.23. The van der Waals surface area contributed by atoms with E-state index in [1.165, 1.54) is 24.3 Å². The molecule has 0 aliphatic carbocycles. The maximum atomic E-state index is 5.54. The fraction of sp³-hybridized carbons (Fsp3) is 1.00. The summed E-state index contributed by atoms with van der Waals surface area (Å²) in [7, 11) is 1.77. The van der Waals surface area contributed by atoms with E-state index in [2.05, 4.69) is 17.1 Å². The zero-order chi connectivity index (χ0) is 11.6. The average molecular weight is 246 g/mol. The van der Waals surface area contributed by atoms with Gasteiger partial charge in [-0.15, -0.1) is 0 Å². The van der Waals surface area contributed by atoms with Crippen LogP contribution in [-0.2, 0) is 4.74 Å². The summed E-state index contributed by atoms with van der Waals surface area (Å²) in [6, 6.07) is 0.489. The molecule has 1 fully saturated rings. The summed E-state index contributed by atoms with van der Waals surface area (Å²) in [5.41, 5.74) is 5.54. The fourth-order valence-corrected chi connectivity index (χ4v) is 3.30. The first kappa shape index (κ1) is 14.3. The lowest BCUT2D eigenvalue weighted by atomic mass is 10.0. The number of hydrogen-bond donors (Lipinski definition) is 2. The van der Waals surface area contributed by atoms with E-state index in [4.69, 9.17) is 10.5 Å². The van der Waals surface area contributed by atoms with Crippen LogP contribution < -0.4 is 11.1 Å². The smallest absolute Gasteiger partial charge is 0.0615 e. The van der Waals surface area contributed by atoms with E-state index in [-0.39, 0.29) is 0 Å². The van der Waals surface area contributed by atoms with Gasteiger partial charge in [0.1, 0.15) is 0 Å². The van der Waals surface area contributed by atoms with Crippen LogP contribution in [0.3, 0.4) is 0 Å². The predicted octanol–water partition coefficient (Wildman–Crippen LogP) is 1.47. The Bertz CT molecular complexity index is 163. The van der Waals surface area contributed by atoms with Crippen molar-refractivity contribution < 1.29 is 4.74 Å². The quantitative estimate of drug-likeness (QED) is 0.681. The molecule has 1 aliphatic heterocycles. The van der Waals surface area contributed by atoms with Gasteiger partial charge in [0.25, 0.3) is 0 Å². The molecule has 96 valence electrons. The van der Waals surface area contributed by atoms with E-state index < -0.39 is 0 Å². The van der Waals surface area contributed by atoms with Crippen LogP contribution in [0.15, 0.2) is 0 Å². The Morgan fingerprint density at radius 1 is 1.44 bits per heavy atom. The van der Waals surface area contributed by atoms with Gasteiger partial charge in [-0.3, -0.25) is 0 Å². The Labute approximate surface area is 104 Å². The second-order valence-electron chi connectivity index (χ2n) is 4.55. The molecule has 1 heterocycles. The third-order valence-electron chi connectivity index (χ3n) is 3.16. The summed E-state index contributed by atoms with van der Waals surface area (Å²) in [4.78, 5) is 0. The molecule has 1 rings (SSSR count). The summed E-state index contributed by atoms with van der Waals surface area (Å²) in [5.74, 6) is 3.55. The molecule has 1 aliphatic rings. The molecule has 0 bridgehead atoms. The second kappa shape index (κ2) is 9.28. The van der Waals surface area contributed by atoms with Crippen molar-refractivity contribution in [3.63, 3.8) is 0 Å². The van der Waals surface area contributed by atoms with Crippen LogP contribution in [0.5, 0.6) is 0 Å². The van der Waals surface area contributed by atoms with E-state index in [1.807, 2.05) is 0 Å². The van der Waals surface area contributed by atoms with Crippen LogP contribution in [0, 0.1) is 5.92 Å². The minimum absolute atomic E-state index is 0.489. The number of thioether (sulfide) groups is 1. The first-order chi connectivity index (χ1) is 7.86. The van der Waals surface area contributed by atoms with Crippen molar-refractivity contribution in [1.82, 2.24) is 5.32 Å². The van der Waals surface area contributed by atoms with Gasteiger partial charge in [-0.1, -0.05) is 0 Å². The molecule has 0 saturated carbocycles. The minimum atomic E-state index is 0.489. The van der Waals surface area contributed by atoms with E-state index in [1.54, 1.807) is 7.11 Å². The normalized spacial score (nSPS) is 19.9. The van der Waals surface area contributed by atoms with Gasteiger partial charge >= 0.3 is 0 Å². The molecular weight excluding hydrogens is 220 g/mol. The summed E-state index contributed by atoms with van der Waals surface area (Å²) in [5, 5.41) is 3.64. The Kier molecular flexibility index (Phi) is 8.29. The van der Waals surface area contributed by atoms with E-state index >= 15 is 0 Å². The van der Waals surface area contributed by atoms with Crippen LogP contribution >= 0.6 is 11.8 Å². The van der Waals surface area contributed by atoms with Crippen molar-refractivity contribution in [3.8, 4) is 0 Å². The Hall–Kier alpha value is 0.230. The molecule has 0 amide bonds. The number of nitrogens with two attached hydrogens (primary N) is 1. The molecule has 4 heteroatoms. The van der Waals surface area contributed by atoms with Crippen molar-refractivity contribution in [2.45, 2.75) is 31.7 Å². The molecule has 0 aromatic rings. The van der Waals surface area contributed by atoms with Crippen molar-refractivity contribution in [2.75, 3.05) is 38.3 Å². The Morgan fingerprint density at radius 3 is 2.81 bits per heavy atom. The van der Waals surface area contributed by atoms with Gasteiger partial charge in [-0.25, -0.2) is 0 Å². The van der Waals surface area contributed by atoms with E-state index in [0.717, 1.165) is 38.5 Å². The highest BCUT2D eigenvalue weighted by Gasteiger charge is 2.15. The van der Waals surface area contributed by atoms with Gasteiger partial charge < -0.3 is 15.8 Å². The lowest BCUT2D eigenvalue weighted by Gasteiger charge is -2.25. The van der Waals surface area contributed by atoms with E-state index in [9.17, 15) is 0 Å². The lowest BCUT2D eigenvalue weighted by Crippen LogP contribution is -2.37. The number of methoxy groups -OCH3 is 1. The number of ether oxygens (including phenoxy) is 1. The average Bonchev–Trinajstić information content (AvgIpc) is 2.34. The summed E-state index contributed by atoms with van der Waals surface area (Å²) in [6.45, 7) is 2.74. The van der Waals surface area contributed by atoms with Crippen molar-refractivity contribution in [1.29, 1.82) is 0 Å². The molecule has 0 radical (unpaired) electrons. The third kappa shape index (κ3) is 6.09. The van der Waals surface area contributed by atoms with Crippen LogP contribution in [0.2, 0.25) is 0 Å². The van der Waals surface area contributed by atoms with Gasteiger partial charge in [0.05, 0.1) is 6.61 Å². The van der Waals surface area contributed by atoms with Gasteiger partial charge in [-0.05, 0) is 56.2 Å². The molecule has 0 aromatic carbocycles. The first-order valence-corrected chi connectivity index (χ1v) is 7.52. The van der Waals surface area contributed by atoms with Crippen LogP contribution in [0.4, 0.5) is 0 Å². The topological polar surface area (TPSA) is 47.3 Å². The summed E-state index contributed by atoms with van der Waals surface area (Å²) >= 11 is 2.09. The van der Waals surface area contributed by atoms with Crippen molar-refractivity contribution in [2.24, 2.45) is 11.7 Å². The monoisotopic (exact) mass is 246 g/mol. The second-order valence-corrected chi connectivity index (χ2v) is 5.77. The van der Waals surface area contributed by atoms with Crippen LogP contribution in [0.1, 0.15) is 25.7 Å². The number of rotatable bonds is 8. The maximum Gasteiger partial charge on any atom is 0.0615 e. The highest BCUT2D eigenvalue weighted by molar-refractivity contribution is 7.99. The number of nitrogens with one attached hydrogen (secondary N) is 1. The standard InChI is InChI=1S/C12H26N2OS/c1-15-10-12(3-2-6-13)14-9-11-4-7-16-8-5-11/h11-12,14H,2-10,13H2,1H3. The molecule has 1 atom stereocenters. The van der Waals surface area contributed by atoms with E-state index in [0.29, 0.717) is 6.04 Å². The highest BCUT2D eigenvalue weighted by Crippen LogP contribution is 2.22. The first-order valence-electron chi connectivity index (χ1n) is 6.37. The minimum Gasteiger partial charge on any atom is -0.383 e. The van der Waals surface area contributed by atoms with Gasteiger partial charge in [0.15, 0.2) is 0 Å². The molecule has 3 nitrogen and oxygen atoms in total. The predicted molar refractivity (Wildman–Crippen MR) is 72.0 cm³/mol. The van der Waals surface area contributed by atoms with Gasteiger partial charge in [0.2, 0.25) is 0 Å². The molecule has 0 aromatic heterocycles. The summed E-state index contributed by atoms with van der Waals surface area (Å²) in [6.07, 6.45) is 4.95. The Morgan fingerprint density at radius 2 is 2.19 bits per heavy atom. The molecule has 0 spiro atoms. The van der Waals surface area contributed by atoms with Crippen LogP contribution in [0.25, 0.3) is 0 Å². The third-order valence-corrected chi connectivity index (χ3v) is 4.21.